The van der Waals surface area contributed by atoms with Gasteiger partial charge in [0.05, 0.1) is 34.4 Å². The van der Waals surface area contributed by atoms with Gasteiger partial charge in [-0.2, -0.15) is 0 Å². The summed E-state index contributed by atoms with van der Waals surface area (Å²) in [5.41, 5.74) is 0. The second kappa shape index (κ2) is 66.0. The lowest BCUT2D eigenvalue weighted by atomic mass is 10.0. The minimum Gasteiger partial charge on any atom is -0.477 e. The summed E-state index contributed by atoms with van der Waals surface area (Å²) in [5.74, 6) is -1.98. The molecule has 0 aliphatic rings. The molecule has 0 aromatic heterocycles. The van der Waals surface area contributed by atoms with Gasteiger partial charge in [0.2, 0.25) is 0 Å². The Balaban J connectivity index is 3.86. The molecule has 0 aromatic rings. The first-order valence-electron chi connectivity index (χ1n) is 36.9. The quantitative estimate of drug-likeness (QED) is 0.0211. The third kappa shape index (κ3) is 67.4. The normalized spacial score (nSPS) is 12.6. The van der Waals surface area contributed by atoms with Gasteiger partial charge in [-0.3, -0.25) is 9.59 Å². The van der Waals surface area contributed by atoms with Gasteiger partial charge in [0.1, 0.15) is 13.2 Å². The highest BCUT2D eigenvalue weighted by Gasteiger charge is 2.25. The van der Waals surface area contributed by atoms with Crippen molar-refractivity contribution >= 4 is 17.9 Å². The predicted octanol–water partition coefficient (Wildman–Crippen LogP) is 22.8. The molecule has 0 saturated heterocycles. The van der Waals surface area contributed by atoms with Crippen LogP contribution < -0.4 is 0 Å². The van der Waals surface area contributed by atoms with Gasteiger partial charge in [-0.15, -0.1) is 0 Å². The summed E-state index contributed by atoms with van der Waals surface area (Å²) < 4.78 is 23.0. The molecule has 9 heteroatoms. The molecular weight excluding hydrogens is 1030 g/mol. The number of aliphatic carboxylic acids is 1. The van der Waals surface area contributed by atoms with E-state index in [2.05, 4.69) is 26.0 Å². The second-order valence-electron chi connectivity index (χ2n) is 26.6. The maximum Gasteiger partial charge on any atom is 0.361 e. The van der Waals surface area contributed by atoms with E-state index in [9.17, 15) is 19.5 Å². The van der Waals surface area contributed by atoms with Crippen LogP contribution >= 0.6 is 0 Å². The zero-order chi connectivity index (χ0) is 60.5. The topological polar surface area (TPSA) is 108 Å². The highest BCUT2D eigenvalue weighted by molar-refractivity contribution is 5.71. The van der Waals surface area contributed by atoms with Crippen LogP contribution in [-0.2, 0) is 33.3 Å². The van der Waals surface area contributed by atoms with E-state index >= 15 is 0 Å². The van der Waals surface area contributed by atoms with Crippen LogP contribution in [0.2, 0.25) is 0 Å². The zero-order valence-corrected chi connectivity index (χ0v) is 56.4. The number of quaternary nitrogens is 1. The fourth-order valence-corrected chi connectivity index (χ4v) is 11.4. The molecule has 0 fully saturated rings. The molecule has 1 N–H and O–H groups in total. The molecule has 0 aliphatic carbocycles. The molecule has 0 aromatic carbocycles. The highest BCUT2D eigenvalue weighted by atomic mass is 16.7. The maximum atomic E-state index is 12.9. The molecule has 2 unspecified atom stereocenters. The Kier molecular flexibility index (Phi) is 64.4. The number of nitrogens with zero attached hydrogens (tertiary/aromatic N) is 1. The highest BCUT2D eigenvalue weighted by Crippen LogP contribution is 2.20. The standard InChI is InChI=1S/C74H143NO8/c1-6-8-10-12-14-16-18-20-22-24-25-26-27-28-29-30-31-32-33-34-35-36-37-38-39-40-41-42-43-44-45-46-47-49-50-52-54-56-58-60-62-64-71(76)81-68-70(69-82-74(73(78)79)80-67-66-75(3,4)5)83-72(77)65-63-61-59-57-55-53-51-48-23-21-19-17-15-13-11-9-7-2/h21,23,70,74H,6-20,22,24-69H2,1-5H3/p+1/b23-21-. The Morgan fingerprint density at radius 2 is 0.614 bits per heavy atom. The molecule has 0 aliphatic heterocycles. The molecule has 0 amide bonds. The van der Waals surface area contributed by atoms with Crippen molar-refractivity contribution < 1.29 is 42.9 Å². The first-order valence-corrected chi connectivity index (χ1v) is 36.9. The van der Waals surface area contributed by atoms with Crippen LogP contribution in [0.3, 0.4) is 0 Å². The summed E-state index contributed by atoms with van der Waals surface area (Å²) in [4.78, 5) is 37.5. The number of hydrogen-bond donors (Lipinski definition) is 1. The fraction of sp³-hybridized carbons (Fsp3) is 0.932. The van der Waals surface area contributed by atoms with E-state index < -0.39 is 24.3 Å². The molecule has 83 heavy (non-hydrogen) atoms. The van der Waals surface area contributed by atoms with Crippen LogP contribution in [-0.4, -0.2) is 87.4 Å². The van der Waals surface area contributed by atoms with Crippen LogP contribution in [0.25, 0.3) is 0 Å². The lowest BCUT2D eigenvalue weighted by Gasteiger charge is -2.25. The van der Waals surface area contributed by atoms with Gasteiger partial charge in [-0.05, 0) is 38.5 Å². The molecule has 0 spiro atoms. The average molecular weight is 1180 g/mol. The summed E-state index contributed by atoms with van der Waals surface area (Å²) in [6.45, 7) is 4.94. The Labute approximate surface area is 516 Å². The van der Waals surface area contributed by atoms with Crippen molar-refractivity contribution in [3.63, 3.8) is 0 Å². The van der Waals surface area contributed by atoms with Crippen LogP contribution in [0.15, 0.2) is 12.2 Å². The monoisotopic (exact) mass is 1180 g/mol. The van der Waals surface area contributed by atoms with Crippen molar-refractivity contribution in [2.24, 2.45) is 0 Å². The molecule has 2 atom stereocenters. The van der Waals surface area contributed by atoms with E-state index in [4.69, 9.17) is 18.9 Å². The van der Waals surface area contributed by atoms with Crippen LogP contribution in [0, 0.1) is 0 Å². The number of carbonyl (C=O) groups is 3. The van der Waals surface area contributed by atoms with E-state index in [0.717, 1.165) is 51.4 Å². The van der Waals surface area contributed by atoms with E-state index in [0.29, 0.717) is 17.4 Å². The van der Waals surface area contributed by atoms with Crippen molar-refractivity contribution in [2.45, 2.75) is 399 Å². The molecule has 9 nitrogen and oxygen atoms in total. The van der Waals surface area contributed by atoms with E-state index in [1.165, 1.54) is 308 Å². The lowest BCUT2D eigenvalue weighted by Crippen LogP contribution is -2.40. The summed E-state index contributed by atoms with van der Waals surface area (Å²) in [6.07, 6.45) is 78.0. The Morgan fingerprint density at radius 1 is 0.349 bits per heavy atom. The number of rotatable bonds is 70. The molecule has 0 saturated carbocycles. The number of likely N-dealkylation sites (N-methyl/N-ethyl adjacent to an activating group) is 1. The fourth-order valence-electron chi connectivity index (χ4n) is 11.4. The molecule has 0 rings (SSSR count). The van der Waals surface area contributed by atoms with E-state index in [1.54, 1.807) is 0 Å². The number of unbranched alkanes of at least 4 members (excludes halogenated alkanes) is 53. The van der Waals surface area contributed by atoms with Gasteiger partial charge in [-0.25, -0.2) is 4.79 Å². The van der Waals surface area contributed by atoms with Crippen LogP contribution in [0.5, 0.6) is 0 Å². The number of carboxylic acid groups (broad SMARTS) is 1. The van der Waals surface area contributed by atoms with Gasteiger partial charge < -0.3 is 28.5 Å². The largest absolute Gasteiger partial charge is 0.477 e. The number of ether oxygens (including phenoxy) is 4. The van der Waals surface area contributed by atoms with Gasteiger partial charge in [0.15, 0.2) is 6.10 Å². The maximum absolute atomic E-state index is 12.9. The minimum atomic E-state index is -1.51. The average Bonchev–Trinajstić information content (AvgIpc) is 3.46. The summed E-state index contributed by atoms with van der Waals surface area (Å²) in [5, 5.41) is 9.73. The number of allylic oxidation sites excluding steroid dienone is 2. The predicted molar refractivity (Wildman–Crippen MR) is 355 cm³/mol. The zero-order valence-electron chi connectivity index (χ0n) is 56.4. The van der Waals surface area contributed by atoms with Crippen LogP contribution in [0.4, 0.5) is 0 Å². The van der Waals surface area contributed by atoms with Gasteiger partial charge >= 0.3 is 17.9 Å². The van der Waals surface area contributed by atoms with Gasteiger partial charge in [0, 0.05) is 12.8 Å². The summed E-state index contributed by atoms with van der Waals surface area (Å²) >= 11 is 0. The van der Waals surface area contributed by atoms with Crippen molar-refractivity contribution in [3.05, 3.63) is 12.2 Å². The van der Waals surface area contributed by atoms with Crippen LogP contribution in [0.1, 0.15) is 386 Å². The Morgan fingerprint density at radius 3 is 0.892 bits per heavy atom. The molecule has 0 heterocycles. The van der Waals surface area contributed by atoms with Crippen molar-refractivity contribution in [1.29, 1.82) is 0 Å². The number of carboxylic acids is 1. The molecule has 492 valence electrons. The Hall–Kier alpha value is -1.97. The third-order valence-electron chi connectivity index (χ3n) is 17.0. The molecular formula is C74H144NO8+. The Bertz CT molecular complexity index is 1370. The molecule has 0 radical (unpaired) electrons. The SMILES string of the molecule is CCCCCCCC/C=C\CCCCCCCCCC(=O)OC(COC(=O)CCCCCCCCCCCCCCCCCCCCCCCCCCCCCCCCCCCCCCCCCCC)COC(OCC[N+](C)(C)C)C(=O)O. The number of carbonyl (C=O) groups excluding carboxylic acids is 2. The number of esters is 2. The second-order valence-corrected chi connectivity index (χ2v) is 26.6. The lowest BCUT2D eigenvalue weighted by molar-refractivity contribution is -0.870. The first kappa shape index (κ1) is 81.0. The minimum absolute atomic E-state index is 0.177. The third-order valence-corrected chi connectivity index (χ3v) is 17.0. The van der Waals surface area contributed by atoms with Gasteiger partial charge in [0.25, 0.3) is 6.29 Å². The van der Waals surface area contributed by atoms with E-state index in [1.807, 2.05) is 21.1 Å². The smallest absolute Gasteiger partial charge is 0.361 e. The van der Waals surface area contributed by atoms with Gasteiger partial charge in [-0.1, -0.05) is 347 Å². The van der Waals surface area contributed by atoms with Crippen molar-refractivity contribution in [3.8, 4) is 0 Å². The van der Waals surface area contributed by atoms with Crippen molar-refractivity contribution in [1.82, 2.24) is 0 Å². The number of hydrogen-bond acceptors (Lipinski definition) is 7. The van der Waals surface area contributed by atoms with E-state index in [-0.39, 0.29) is 32.2 Å². The molecule has 0 bridgehead atoms. The van der Waals surface area contributed by atoms with Crippen molar-refractivity contribution in [2.75, 3.05) is 47.5 Å². The summed E-state index contributed by atoms with van der Waals surface area (Å²) in [6, 6.07) is 0. The summed E-state index contributed by atoms with van der Waals surface area (Å²) in [7, 11) is 5.99. The first-order chi connectivity index (χ1) is 40.6.